The maximum atomic E-state index is 10.9. The number of hydrogen-bond acceptors (Lipinski definition) is 6. The lowest BCUT2D eigenvalue weighted by Crippen LogP contribution is -2.09. The van der Waals surface area contributed by atoms with Crippen molar-refractivity contribution in [1.82, 2.24) is 4.98 Å². The van der Waals surface area contributed by atoms with Crippen LogP contribution in [0.2, 0.25) is 0 Å². The summed E-state index contributed by atoms with van der Waals surface area (Å²) in [5, 5.41) is 13.1. The van der Waals surface area contributed by atoms with E-state index in [1.165, 1.54) is 21.1 Å². The molecule has 0 aromatic carbocycles. The van der Waals surface area contributed by atoms with Crippen LogP contribution in [0.25, 0.3) is 0 Å². The van der Waals surface area contributed by atoms with Gasteiger partial charge in [0.25, 0.3) is 5.88 Å². The Morgan fingerprint density at radius 1 is 1.41 bits per heavy atom. The molecule has 8 heteroatoms. The normalized spacial score (nSPS) is 9.59. The fraction of sp³-hybridized carbons (Fsp3) is 0.333. The molecule has 0 saturated carbocycles. The standard InChI is InChI=1S/C9H11N3O5/c1-5(13)10-6-4-7(12(14)15)9(17-3)11-8(6)16-2/h4H,1-3H3,(H,10,13). The first-order valence-electron chi connectivity index (χ1n) is 4.54. The van der Waals surface area contributed by atoms with Gasteiger partial charge in [0.2, 0.25) is 11.8 Å². The van der Waals surface area contributed by atoms with Gasteiger partial charge in [0.1, 0.15) is 5.69 Å². The zero-order valence-corrected chi connectivity index (χ0v) is 9.51. The second-order valence-electron chi connectivity index (χ2n) is 3.01. The third kappa shape index (κ3) is 2.80. The Labute approximate surface area is 96.7 Å². The van der Waals surface area contributed by atoms with Gasteiger partial charge in [-0.2, -0.15) is 4.98 Å². The molecular weight excluding hydrogens is 230 g/mol. The van der Waals surface area contributed by atoms with Crippen LogP contribution in [0.5, 0.6) is 11.8 Å². The molecule has 0 unspecified atom stereocenters. The second kappa shape index (κ2) is 5.10. The van der Waals surface area contributed by atoms with Gasteiger partial charge in [-0.05, 0) is 0 Å². The fourth-order valence-corrected chi connectivity index (χ4v) is 1.19. The highest BCUT2D eigenvalue weighted by atomic mass is 16.6. The summed E-state index contributed by atoms with van der Waals surface area (Å²) in [5.74, 6) is -0.520. The van der Waals surface area contributed by atoms with E-state index in [4.69, 9.17) is 9.47 Å². The SMILES string of the molecule is COc1nc(OC)c([N+](=O)[O-])cc1NC(C)=O. The first kappa shape index (κ1) is 12.7. The van der Waals surface area contributed by atoms with Crippen LogP contribution in [0.15, 0.2) is 6.07 Å². The Bertz CT molecular complexity index is 460. The summed E-state index contributed by atoms with van der Waals surface area (Å²) >= 11 is 0. The number of carbonyl (C=O) groups is 1. The number of hydrogen-bond donors (Lipinski definition) is 1. The fourth-order valence-electron chi connectivity index (χ4n) is 1.19. The number of pyridine rings is 1. The zero-order valence-electron chi connectivity index (χ0n) is 9.51. The molecule has 1 aromatic rings. The zero-order chi connectivity index (χ0) is 13.0. The molecule has 92 valence electrons. The minimum atomic E-state index is -0.656. The first-order chi connectivity index (χ1) is 7.99. The van der Waals surface area contributed by atoms with Crippen LogP contribution in [-0.2, 0) is 4.79 Å². The summed E-state index contributed by atoms with van der Waals surface area (Å²) in [7, 11) is 2.59. The molecule has 1 amide bonds. The smallest absolute Gasteiger partial charge is 0.333 e. The maximum Gasteiger partial charge on any atom is 0.333 e. The first-order valence-corrected chi connectivity index (χ1v) is 4.54. The van der Waals surface area contributed by atoms with E-state index in [-0.39, 0.29) is 29.0 Å². The number of methoxy groups -OCH3 is 2. The van der Waals surface area contributed by atoms with Gasteiger partial charge >= 0.3 is 5.69 Å². The third-order valence-electron chi connectivity index (χ3n) is 1.83. The summed E-state index contributed by atoms with van der Waals surface area (Å²) in [5.41, 5.74) is -0.232. The number of rotatable bonds is 4. The van der Waals surface area contributed by atoms with Crippen molar-refractivity contribution in [3.05, 3.63) is 16.2 Å². The quantitative estimate of drug-likeness (QED) is 0.622. The third-order valence-corrected chi connectivity index (χ3v) is 1.83. The van der Waals surface area contributed by atoms with Gasteiger partial charge in [-0.1, -0.05) is 0 Å². The molecular formula is C9H11N3O5. The van der Waals surface area contributed by atoms with Crippen molar-refractivity contribution in [1.29, 1.82) is 0 Å². The Hall–Kier alpha value is -2.38. The van der Waals surface area contributed by atoms with Crippen molar-refractivity contribution in [3.8, 4) is 11.8 Å². The molecule has 1 aromatic heterocycles. The van der Waals surface area contributed by atoms with E-state index < -0.39 is 4.92 Å². The molecule has 0 spiro atoms. The molecule has 0 atom stereocenters. The van der Waals surface area contributed by atoms with Gasteiger partial charge in [0.15, 0.2) is 0 Å². The van der Waals surface area contributed by atoms with E-state index in [1.54, 1.807) is 0 Å². The van der Waals surface area contributed by atoms with Crippen LogP contribution in [0.3, 0.4) is 0 Å². The topological polar surface area (TPSA) is 104 Å². The van der Waals surface area contributed by atoms with Crippen molar-refractivity contribution in [2.75, 3.05) is 19.5 Å². The van der Waals surface area contributed by atoms with Crippen LogP contribution >= 0.6 is 0 Å². The number of nitro groups is 1. The van der Waals surface area contributed by atoms with Gasteiger partial charge in [-0.25, -0.2) is 0 Å². The average molecular weight is 241 g/mol. The van der Waals surface area contributed by atoms with Crippen molar-refractivity contribution in [3.63, 3.8) is 0 Å². The van der Waals surface area contributed by atoms with E-state index >= 15 is 0 Å². The molecule has 8 nitrogen and oxygen atoms in total. The predicted octanol–water partition coefficient (Wildman–Crippen LogP) is 0.965. The molecule has 17 heavy (non-hydrogen) atoms. The van der Waals surface area contributed by atoms with Crippen LogP contribution in [0, 0.1) is 10.1 Å². The van der Waals surface area contributed by atoms with Crippen LogP contribution in [0.4, 0.5) is 11.4 Å². The molecule has 1 heterocycles. The van der Waals surface area contributed by atoms with Gasteiger partial charge in [-0.15, -0.1) is 0 Å². The largest absolute Gasteiger partial charge is 0.479 e. The summed E-state index contributed by atoms with van der Waals surface area (Å²) in [6, 6.07) is 1.13. The summed E-state index contributed by atoms with van der Waals surface area (Å²) in [6.45, 7) is 1.27. The van der Waals surface area contributed by atoms with Crippen molar-refractivity contribution >= 4 is 17.3 Å². The Morgan fingerprint density at radius 2 is 2.00 bits per heavy atom. The molecule has 0 aliphatic heterocycles. The lowest BCUT2D eigenvalue weighted by Gasteiger charge is -2.09. The number of carbonyl (C=O) groups excluding carboxylic acids is 1. The Balaban J connectivity index is 3.33. The van der Waals surface area contributed by atoms with E-state index in [9.17, 15) is 14.9 Å². The predicted molar refractivity (Wildman–Crippen MR) is 58.3 cm³/mol. The molecule has 1 N–H and O–H groups in total. The van der Waals surface area contributed by atoms with E-state index in [0.29, 0.717) is 0 Å². The Morgan fingerprint density at radius 3 is 2.41 bits per heavy atom. The van der Waals surface area contributed by atoms with Crippen molar-refractivity contribution < 1.29 is 19.2 Å². The highest BCUT2D eigenvalue weighted by Gasteiger charge is 2.21. The van der Waals surface area contributed by atoms with Crippen LogP contribution < -0.4 is 14.8 Å². The van der Waals surface area contributed by atoms with Gasteiger partial charge in [0.05, 0.1) is 25.2 Å². The number of amides is 1. The van der Waals surface area contributed by atoms with Crippen LogP contribution in [0.1, 0.15) is 6.92 Å². The maximum absolute atomic E-state index is 10.9. The number of nitrogens with one attached hydrogen (secondary N) is 1. The summed E-state index contributed by atoms with van der Waals surface area (Å²) in [4.78, 5) is 24.8. The molecule has 0 radical (unpaired) electrons. The molecule has 0 aliphatic rings. The molecule has 0 bridgehead atoms. The van der Waals surface area contributed by atoms with Crippen molar-refractivity contribution in [2.45, 2.75) is 6.92 Å². The van der Waals surface area contributed by atoms with E-state index in [0.717, 1.165) is 6.07 Å². The highest BCUT2D eigenvalue weighted by molar-refractivity contribution is 5.90. The van der Waals surface area contributed by atoms with Gasteiger partial charge in [-0.3, -0.25) is 14.9 Å². The molecule has 0 aliphatic carbocycles. The number of aromatic nitrogens is 1. The highest BCUT2D eigenvalue weighted by Crippen LogP contribution is 2.33. The minimum Gasteiger partial charge on any atom is -0.479 e. The number of anilines is 1. The Kier molecular flexibility index (Phi) is 3.81. The second-order valence-corrected chi connectivity index (χ2v) is 3.01. The van der Waals surface area contributed by atoms with Gasteiger partial charge < -0.3 is 14.8 Å². The average Bonchev–Trinajstić information content (AvgIpc) is 2.27. The van der Waals surface area contributed by atoms with E-state index in [1.807, 2.05) is 0 Å². The number of ether oxygens (including phenoxy) is 2. The molecule has 1 rings (SSSR count). The minimum absolute atomic E-state index is 0.0441. The van der Waals surface area contributed by atoms with E-state index in [2.05, 4.69) is 10.3 Å². The summed E-state index contributed by atoms with van der Waals surface area (Å²) in [6.07, 6.45) is 0. The van der Waals surface area contributed by atoms with Crippen molar-refractivity contribution in [2.24, 2.45) is 0 Å². The summed E-state index contributed by atoms with van der Waals surface area (Å²) < 4.78 is 9.66. The monoisotopic (exact) mass is 241 g/mol. The molecule has 0 fully saturated rings. The lowest BCUT2D eigenvalue weighted by atomic mass is 10.3. The molecule has 0 saturated heterocycles. The van der Waals surface area contributed by atoms with Gasteiger partial charge in [0, 0.05) is 6.92 Å². The van der Waals surface area contributed by atoms with Crippen LogP contribution in [-0.4, -0.2) is 30.0 Å². The number of nitrogens with zero attached hydrogens (tertiary/aromatic N) is 2. The lowest BCUT2D eigenvalue weighted by molar-refractivity contribution is -0.386.